The summed E-state index contributed by atoms with van der Waals surface area (Å²) in [4.78, 5) is 26.9. The molecule has 6 nitrogen and oxygen atoms in total. The summed E-state index contributed by atoms with van der Waals surface area (Å²) in [5.41, 5.74) is 1.61. The van der Waals surface area contributed by atoms with Gasteiger partial charge in [0, 0.05) is 38.3 Å². The number of nitrogens with zero attached hydrogens (tertiary/aromatic N) is 3. The van der Waals surface area contributed by atoms with Gasteiger partial charge in [-0.05, 0) is 49.4 Å². The normalized spacial score (nSPS) is 19.2. The smallest absolute Gasteiger partial charge is 0.224 e. The minimum Gasteiger partial charge on any atom is -0.353 e. The Morgan fingerprint density at radius 3 is 2.83 bits per heavy atom. The number of amides is 2. The van der Waals surface area contributed by atoms with Crippen molar-refractivity contribution in [2.75, 3.05) is 13.1 Å². The Labute approximate surface area is 171 Å². The number of benzene rings is 1. The number of carbonyl (C=O) groups is 2. The predicted octanol–water partition coefficient (Wildman–Crippen LogP) is 2.71. The van der Waals surface area contributed by atoms with Crippen molar-refractivity contribution in [1.29, 1.82) is 0 Å². The predicted molar refractivity (Wildman–Crippen MR) is 109 cm³/mol. The fourth-order valence-electron chi connectivity index (χ4n) is 3.91. The summed E-state index contributed by atoms with van der Waals surface area (Å²) < 4.78 is 15.1. The summed E-state index contributed by atoms with van der Waals surface area (Å²) in [5, 5.41) is 7.41. The molecule has 2 atom stereocenters. The molecule has 1 N–H and O–H groups in total. The van der Waals surface area contributed by atoms with Crippen molar-refractivity contribution in [3.8, 4) is 0 Å². The van der Waals surface area contributed by atoms with Gasteiger partial charge in [0.05, 0.1) is 12.1 Å². The molecule has 1 fully saturated rings. The largest absolute Gasteiger partial charge is 0.353 e. The van der Waals surface area contributed by atoms with Crippen LogP contribution in [0, 0.1) is 18.7 Å². The molecule has 1 saturated heterocycles. The van der Waals surface area contributed by atoms with Gasteiger partial charge in [0.2, 0.25) is 11.8 Å². The van der Waals surface area contributed by atoms with Crippen molar-refractivity contribution in [3.63, 3.8) is 0 Å². The molecule has 7 heteroatoms. The number of aryl methyl sites for hydroxylation is 2. The van der Waals surface area contributed by atoms with Gasteiger partial charge >= 0.3 is 0 Å². The standard InChI is InChI=1S/C22H29FN4O2/c1-3-18-15-26(22(29)9-12-27-11-7-16(2)25-27)10-8-20(18)24-21(28)14-17-5-4-6-19(23)13-17/h4-7,11,13,18,20H,3,8-10,12,14-15H2,1-2H3,(H,24,28)/t18-,20+/m1/s1. The third kappa shape index (κ3) is 5.89. The third-order valence-electron chi connectivity index (χ3n) is 5.54. The number of aromatic nitrogens is 2. The first kappa shape index (κ1) is 21.0. The van der Waals surface area contributed by atoms with E-state index >= 15 is 0 Å². The molecule has 0 aliphatic carbocycles. The number of halogens is 1. The number of likely N-dealkylation sites (tertiary alicyclic amines) is 1. The minimum absolute atomic E-state index is 0.0406. The van der Waals surface area contributed by atoms with Gasteiger partial charge in [-0.2, -0.15) is 5.10 Å². The number of piperidine rings is 1. The van der Waals surface area contributed by atoms with Crippen LogP contribution in [0.15, 0.2) is 36.5 Å². The van der Waals surface area contributed by atoms with Crippen LogP contribution in [0.1, 0.15) is 37.4 Å². The molecule has 0 unspecified atom stereocenters. The molecule has 2 heterocycles. The van der Waals surface area contributed by atoms with E-state index in [0.29, 0.717) is 31.6 Å². The second kappa shape index (κ2) is 9.67. The minimum atomic E-state index is -0.334. The third-order valence-corrected chi connectivity index (χ3v) is 5.54. The van der Waals surface area contributed by atoms with Crippen molar-refractivity contribution >= 4 is 11.8 Å². The Balaban J connectivity index is 1.49. The molecule has 0 bridgehead atoms. The summed E-state index contributed by atoms with van der Waals surface area (Å²) in [6, 6.07) is 8.09. The maximum absolute atomic E-state index is 13.3. The highest BCUT2D eigenvalue weighted by Crippen LogP contribution is 2.21. The van der Waals surface area contributed by atoms with E-state index in [4.69, 9.17) is 0 Å². The Hall–Kier alpha value is -2.70. The molecule has 3 rings (SSSR count). The molecule has 156 valence electrons. The second-order valence-corrected chi connectivity index (χ2v) is 7.75. The van der Waals surface area contributed by atoms with E-state index in [1.54, 1.807) is 16.8 Å². The maximum atomic E-state index is 13.3. The van der Waals surface area contributed by atoms with Crippen molar-refractivity contribution < 1.29 is 14.0 Å². The van der Waals surface area contributed by atoms with E-state index < -0.39 is 0 Å². The quantitative estimate of drug-likeness (QED) is 0.777. The Kier molecular flexibility index (Phi) is 7.01. The van der Waals surface area contributed by atoms with Crippen LogP contribution in [0.5, 0.6) is 0 Å². The summed E-state index contributed by atoms with van der Waals surface area (Å²) in [5.74, 6) is -0.0936. The lowest BCUT2D eigenvalue weighted by Gasteiger charge is -2.38. The van der Waals surface area contributed by atoms with Gasteiger partial charge in [-0.1, -0.05) is 19.1 Å². The number of hydrogen-bond acceptors (Lipinski definition) is 3. The number of rotatable bonds is 7. The second-order valence-electron chi connectivity index (χ2n) is 7.75. The number of hydrogen-bond donors (Lipinski definition) is 1. The summed E-state index contributed by atoms with van der Waals surface area (Å²) in [6.45, 7) is 5.87. The lowest BCUT2D eigenvalue weighted by Crippen LogP contribution is -2.52. The van der Waals surface area contributed by atoms with Crippen LogP contribution in [-0.2, 0) is 22.6 Å². The van der Waals surface area contributed by atoms with Gasteiger partial charge in [0.15, 0.2) is 0 Å². The summed E-state index contributed by atoms with van der Waals surface area (Å²) >= 11 is 0. The average molecular weight is 400 g/mol. The molecule has 1 aliphatic heterocycles. The molecule has 1 aromatic heterocycles. The molecular weight excluding hydrogens is 371 g/mol. The van der Waals surface area contributed by atoms with E-state index in [-0.39, 0.29) is 36.0 Å². The zero-order valence-electron chi connectivity index (χ0n) is 17.1. The van der Waals surface area contributed by atoms with Gasteiger partial charge < -0.3 is 10.2 Å². The van der Waals surface area contributed by atoms with Crippen LogP contribution in [0.2, 0.25) is 0 Å². The van der Waals surface area contributed by atoms with Crippen LogP contribution in [0.4, 0.5) is 4.39 Å². The molecule has 0 spiro atoms. The lowest BCUT2D eigenvalue weighted by molar-refractivity contribution is -0.134. The van der Waals surface area contributed by atoms with Crippen molar-refractivity contribution in [1.82, 2.24) is 20.0 Å². The number of nitrogens with one attached hydrogen (secondary N) is 1. The fraction of sp³-hybridized carbons (Fsp3) is 0.500. The first-order valence-corrected chi connectivity index (χ1v) is 10.3. The Bertz CT molecular complexity index is 851. The van der Waals surface area contributed by atoms with Crippen LogP contribution in [0.3, 0.4) is 0 Å². The highest BCUT2D eigenvalue weighted by molar-refractivity contribution is 5.79. The number of carbonyl (C=O) groups excluding carboxylic acids is 2. The van der Waals surface area contributed by atoms with Gasteiger partial charge in [0.25, 0.3) is 0 Å². The van der Waals surface area contributed by atoms with E-state index in [9.17, 15) is 14.0 Å². The monoisotopic (exact) mass is 400 g/mol. The van der Waals surface area contributed by atoms with Crippen molar-refractivity contribution in [2.45, 2.75) is 52.1 Å². The molecular formula is C22H29FN4O2. The molecule has 1 aliphatic rings. The van der Waals surface area contributed by atoms with E-state index in [1.165, 1.54) is 12.1 Å². The average Bonchev–Trinajstić information content (AvgIpc) is 3.11. The molecule has 29 heavy (non-hydrogen) atoms. The van der Waals surface area contributed by atoms with E-state index in [2.05, 4.69) is 17.3 Å². The molecule has 1 aromatic carbocycles. The Morgan fingerprint density at radius 1 is 1.31 bits per heavy atom. The SMILES string of the molecule is CC[C@@H]1CN(C(=O)CCn2ccc(C)n2)CC[C@@H]1NC(=O)Cc1cccc(F)c1. The van der Waals surface area contributed by atoms with Crippen LogP contribution in [0.25, 0.3) is 0 Å². The molecule has 2 amide bonds. The van der Waals surface area contributed by atoms with E-state index in [0.717, 1.165) is 18.5 Å². The Morgan fingerprint density at radius 2 is 2.14 bits per heavy atom. The first-order valence-electron chi connectivity index (χ1n) is 10.3. The lowest BCUT2D eigenvalue weighted by atomic mass is 9.89. The summed E-state index contributed by atoms with van der Waals surface area (Å²) in [7, 11) is 0. The van der Waals surface area contributed by atoms with Gasteiger partial charge in [-0.25, -0.2) is 4.39 Å². The van der Waals surface area contributed by atoms with Gasteiger partial charge in [-0.15, -0.1) is 0 Å². The highest BCUT2D eigenvalue weighted by atomic mass is 19.1. The van der Waals surface area contributed by atoms with Gasteiger partial charge in [0.1, 0.15) is 5.82 Å². The molecule has 2 aromatic rings. The topological polar surface area (TPSA) is 67.2 Å². The first-order chi connectivity index (χ1) is 13.9. The van der Waals surface area contributed by atoms with Gasteiger partial charge in [-0.3, -0.25) is 14.3 Å². The zero-order chi connectivity index (χ0) is 20.8. The van der Waals surface area contributed by atoms with Crippen molar-refractivity contribution in [2.24, 2.45) is 5.92 Å². The van der Waals surface area contributed by atoms with Crippen LogP contribution < -0.4 is 5.32 Å². The van der Waals surface area contributed by atoms with Crippen molar-refractivity contribution in [3.05, 3.63) is 53.6 Å². The summed E-state index contributed by atoms with van der Waals surface area (Å²) in [6.07, 6.45) is 4.09. The van der Waals surface area contributed by atoms with Crippen LogP contribution >= 0.6 is 0 Å². The maximum Gasteiger partial charge on any atom is 0.224 e. The zero-order valence-corrected chi connectivity index (χ0v) is 17.1. The van der Waals surface area contributed by atoms with Crippen LogP contribution in [-0.4, -0.2) is 45.6 Å². The van der Waals surface area contributed by atoms with E-state index in [1.807, 2.05) is 24.1 Å². The molecule has 0 radical (unpaired) electrons. The molecule has 0 saturated carbocycles. The fourth-order valence-corrected chi connectivity index (χ4v) is 3.91. The highest BCUT2D eigenvalue weighted by Gasteiger charge is 2.31.